The van der Waals surface area contributed by atoms with Gasteiger partial charge in [-0.1, -0.05) is 19.9 Å². The van der Waals surface area contributed by atoms with Gasteiger partial charge < -0.3 is 10.8 Å². The number of rotatable bonds is 4. The Balaban J connectivity index is 2.59. The maximum absolute atomic E-state index is 12.4. The molecule has 1 aromatic carbocycles. The van der Waals surface area contributed by atoms with Crippen LogP contribution in [0.5, 0.6) is 5.75 Å². The van der Waals surface area contributed by atoms with E-state index in [1.165, 1.54) is 4.68 Å². The molecule has 0 atom stereocenters. The average Bonchev–Trinajstić information content (AvgIpc) is 2.68. The number of aromatic hydroxyl groups is 1. The van der Waals surface area contributed by atoms with Crippen LogP contribution in [-0.2, 0) is 6.42 Å². The van der Waals surface area contributed by atoms with Crippen LogP contribution in [0.25, 0.3) is 5.69 Å². The second kappa shape index (κ2) is 5.32. The molecule has 5 nitrogen and oxygen atoms in total. The smallest absolute Gasteiger partial charge is 0.274 e. The summed E-state index contributed by atoms with van der Waals surface area (Å²) < 4.78 is 1.46. The number of aromatic nitrogens is 2. The van der Waals surface area contributed by atoms with Gasteiger partial charge in [-0.25, -0.2) is 4.68 Å². The van der Waals surface area contributed by atoms with Gasteiger partial charge in [0, 0.05) is 17.3 Å². The van der Waals surface area contributed by atoms with Gasteiger partial charge >= 0.3 is 0 Å². The first-order chi connectivity index (χ1) is 9.04. The normalized spacial score (nSPS) is 11.2. The lowest BCUT2D eigenvalue weighted by molar-refractivity contribution is 0.474. The van der Waals surface area contributed by atoms with Gasteiger partial charge in [0.05, 0.1) is 5.69 Å². The van der Waals surface area contributed by atoms with E-state index >= 15 is 0 Å². The second-order valence-corrected chi connectivity index (χ2v) is 4.86. The predicted octanol–water partition coefficient (Wildman–Crippen LogP) is 1.50. The summed E-state index contributed by atoms with van der Waals surface area (Å²) in [5, 5.41) is 12.6. The highest BCUT2D eigenvalue weighted by Crippen LogP contribution is 2.18. The summed E-state index contributed by atoms with van der Waals surface area (Å²) in [7, 11) is 0. The van der Waals surface area contributed by atoms with E-state index in [-0.39, 0.29) is 17.2 Å². The molecule has 0 aliphatic carbocycles. The topological polar surface area (TPSA) is 84.0 Å². The summed E-state index contributed by atoms with van der Waals surface area (Å²) in [6, 6.07) is 6.60. The molecule has 5 heteroatoms. The van der Waals surface area contributed by atoms with E-state index in [0.29, 0.717) is 18.7 Å². The monoisotopic (exact) mass is 261 g/mol. The number of phenolic OH excluding ortho intramolecular Hbond substituents is 1. The fourth-order valence-corrected chi connectivity index (χ4v) is 2.17. The van der Waals surface area contributed by atoms with Crippen molar-refractivity contribution in [1.82, 2.24) is 9.78 Å². The third kappa shape index (κ3) is 2.56. The zero-order valence-electron chi connectivity index (χ0n) is 11.2. The number of nitrogens with one attached hydrogen (secondary N) is 1. The quantitative estimate of drug-likeness (QED) is 0.779. The molecule has 0 saturated carbocycles. The first kappa shape index (κ1) is 13.4. The molecule has 0 unspecified atom stereocenters. The Morgan fingerprint density at radius 2 is 2.16 bits per heavy atom. The van der Waals surface area contributed by atoms with Crippen LogP contribution in [-0.4, -0.2) is 21.4 Å². The first-order valence-electron chi connectivity index (χ1n) is 6.38. The van der Waals surface area contributed by atoms with E-state index in [1.54, 1.807) is 24.3 Å². The van der Waals surface area contributed by atoms with E-state index in [4.69, 9.17) is 5.73 Å². The fraction of sp³-hybridized carbons (Fsp3) is 0.357. The van der Waals surface area contributed by atoms with Crippen LogP contribution in [0.1, 0.15) is 31.0 Å². The minimum atomic E-state index is -0.0975. The Kier molecular flexibility index (Phi) is 3.76. The Morgan fingerprint density at radius 3 is 2.74 bits per heavy atom. The van der Waals surface area contributed by atoms with Crippen molar-refractivity contribution in [2.75, 3.05) is 6.54 Å². The number of phenols is 1. The molecule has 4 N–H and O–H groups in total. The summed E-state index contributed by atoms with van der Waals surface area (Å²) in [4.78, 5) is 12.4. The zero-order valence-corrected chi connectivity index (χ0v) is 11.2. The second-order valence-electron chi connectivity index (χ2n) is 4.86. The molecule has 0 aliphatic rings. The molecule has 0 amide bonds. The van der Waals surface area contributed by atoms with Gasteiger partial charge in [-0.05, 0) is 31.0 Å². The molecule has 2 aromatic rings. The first-order valence-corrected chi connectivity index (χ1v) is 6.38. The van der Waals surface area contributed by atoms with Crippen LogP contribution in [0.2, 0.25) is 0 Å². The molecule has 0 saturated heterocycles. The molecular weight excluding hydrogens is 242 g/mol. The number of nitrogens with two attached hydrogens (primary N) is 1. The van der Waals surface area contributed by atoms with Crippen LogP contribution in [0, 0.1) is 0 Å². The number of hydrogen-bond acceptors (Lipinski definition) is 3. The number of hydrogen-bond donors (Lipinski definition) is 3. The Hall–Kier alpha value is -2.01. The largest absolute Gasteiger partial charge is 0.508 e. The van der Waals surface area contributed by atoms with E-state index in [2.05, 4.69) is 5.10 Å². The lowest BCUT2D eigenvalue weighted by atomic mass is 10.0. The van der Waals surface area contributed by atoms with Gasteiger partial charge in [-0.15, -0.1) is 0 Å². The highest BCUT2D eigenvalue weighted by molar-refractivity contribution is 5.39. The summed E-state index contributed by atoms with van der Waals surface area (Å²) in [5.74, 6) is 0.346. The van der Waals surface area contributed by atoms with Crippen molar-refractivity contribution < 1.29 is 5.11 Å². The van der Waals surface area contributed by atoms with Crippen LogP contribution in [0.3, 0.4) is 0 Å². The van der Waals surface area contributed by atoms with Crippen LogP contribution >= 0.6 is 0 Å². The standard InChI is InChI=1S/C14H19N3O2/c1-9(2)13-12(6-7-15)14(19)17(16-13)10-4-3-5-11(18)8-10/h3-5,8-9,16,18H,6-7,15H2,1-2H3. The van der Waals surface area contributed by atoms with Gasteiger partial charge in [0.1, 0.15) is 5.75 Å². The van der Waals surface area contributed by atoms with Gasteiger partial charge in [-0.3, -0.25) is 9.89 Å². The zero-order chi connectivity index (χ0) is 14.0. The van der Waals surface area contributed by atoms with Gasteiger partial charge in [0.2, 0.25) is 0 Å². The molecule has 0 fully saturated rings. The highest BCUT2D eigenvalue weighted by atomic mass is 16.3. The van der Waals surface area contributed by atoms with Crippen molar-refractivity contribution in [3.63, 3.8) is 0 Å². The highest BCUT2D eigenvalue weighted by Gasteiger charge is 2.16. The van der Waals surface area contributed by atoms with E-state index < -0.39 is 0 Å². The minimum absolute atomic E-state index is 0.0975. The fourth-order valence-electron chi connectivity index (χ4n) is 2.17. The average molecular weight is 261 g/mol. The molecule has 0 bridgehead atoms. The van der Waals surface area contributed by atoms with Crippen molar-refractivity contribution in [2.24, 2.45) is 5.73 Å². The molecule has 1 aromatic heterocycles. The Bertz CT molecular complexity index is 626. The Labute approximate surface area is 111 Å². The van der Waals surface area contributed by atoms with E-state index in [0.717, 1.165) is 11.3 Å². The lowest BCUT2D eigenvalue weighted by Crippen LogP contribution is -2.19. The molecule has 2 rings (SSSR count). The SMILES string of the molecule is CC(C)c1[nH]n(-c2cccc(O)c2)c(=O)c1CCN. The summed E-state index contributed by atoms with van der Waals surface area (Å²) in [5.41, 5.74) is 7.72. The number of benzene rings is 1. The molecule has 0 aliphatic heterocycles. The molecule has 0 radical (unpaired) electrons. The van der Waals surface area contributed by atoms with Crippen LogP contribution in [0.4, 0.5) is 0 Å². The number of aromatic amines is 1. The van der Waals surface area contributed by atoms with Crippen molar-refractivity contribution in [2.45, 2.75) is 26.2 Å². The van der Waals surface area contributed by atoms with Gasteiger partial charge in [0.25, 0.3) is 5.56 Å². The van der Waals surface area contributed by atoms with Crippen LogP contribution < -0.4 is 11.3 Å². The predicted molar refractivity (Wildman–Crippen MR) is 74.9 cm³/mol. The maximum atomic E-state index is 12.4. The van der Waals surface area contributed by atoms with Crippen molar-refractivity contribution in [3.05, 3.63) is 45.9 Å². The third-order valence-corrected chi connectivity index (χ3v) is 3.08. The molecule has 19 heavy (non-hydrogen) atoms. The molecule has 0 spiro atoms. The maximum Gasteiger partial charge on any atom is 0.274 e. The summed E-state index contributed by atoms with van der Waals surface area (Å²) >= 11 is 0. The van der Waals surface area contributed by atoms with Gasteiger partial charge in [0.15, 0.2) is 0 Å². The number of H-pyrrole nitrogens is 1. The molecule has 102 valence electrons. The van der Waals surface area contributed by atoms with E-state index in [1.807, 2.05) is 13.8 Å². The van der Waals surface area contributed by atoms with Gasteiger partial charge in [-0.2, -0.15) is 0 Å². The van der Waals surface area contributed by atoms with Crippen molar-refractivity contribution >= 4 is 0 Å². The minimum Gasteiger partial charge on any atom is -0.508 e. The summed E-state index contributed by atoms with van der Waals surface area (Å²) in [6.07, 6.45) is 0.550. The number of nitrogens with zero attached hydrogens (tertiary/aromatic N) is 1. The third-order valence-electron chi connectivity index (χ3n) is 3.08. The van der Waals surface area contributed by atoms with E-state index in [9.17, 15) is 9.90 Å². The molecular formula is C14H19N3O2. The lowest BCUT2D eigenvalue weighted by Gasteiger charge is -2.05. The summed E-state index contributed by atoms with van der Waals surface area (Å²) in [6.45, 7) is 4.49. The van der Waals surface area contributed by atoms with Crippen LogP contribution in [0.15, 0.2) is 29.1 Å². The Morgan fingerprint density at radius 1 is 1.42 bits per heavy atom. The molecule has 1 heterocycles. The van der Waals surface area contributed by atoms with Crippen molar-refractivity contribution in [1.29, 1.82) is 0 Å². The van der Waals surface area contributed by atoms with Crippen molar-refractivity contribution in [3.8, 4) is 11.4 Å².